The number of aromatic carboxylic acids is 1. The molecule has 2 heterocycles. The van der Waals surface area contributed by atoms with Gasteiger partial charge in [-0.1, -0.05) is 0 Å². The summed E-state index contributed by atoms with van der Waals surface area (Å²) in [5, 5.41) is 18.1. The Kier molecular flexibility index (Phi) is 2.61. The highest BCUT2D eigenvalue weighted by atomic mass is 16.4. The molecule has 1 aliphatic rings. The Hall–Kier alpha value is -1.89. The van der Waals surface area contributed by atoms with Crippen molar-refractivity contribution in [3.8, 4) is 0 Å². The second kappa shape index (κ2) is 3.93. The van der Waals surface area contributed by atoms with E-state index in [4.69, 9.17) is 5.11 Å². The minimum atomic E-state index is -1.22. The number of nitrogens with zero attached hydrogens (tertiary/aromatic N) is 2. The summed E-state index contributed by atoms with van der Waals surface area (Å²) in [6.45, 7) is 0.649. The van der Waals surface area contributed by atoms with E-state index in [1.165, 1.54) is 11.2 Å². The van der Waals surface area contributed by atoms with Gasteiger partial charge in [-0.3, -0.25) is 4.79 Å². The van der Waals surface area contributed by atoms with Crippen molar-refractivity contribution in [3.63, 3.8) is 0 Å². The fraction of sp³-hybridized carbons (Fsp3) is 0.444. The fourth-order valence-corrected chi connectivity index (χ4v) is 1.70. The Balaban J connectivity index is 2.21. The molecule has 1 aromatic rings. The zero-order chi connectivity index (χ0) is 11.7. The average molecular weight is 225 g/mol. The van der Waals surface area contributed by atoms with Crippen molar-refractivity contribution in [2.75, 3.05) is 13.1 Å². The Morgan fingerprint density at radius 2 is 2.31 bits per heavy atom. The monoisotopic (exact) mass is 225 g/mol. The molecule has 7 heteroatoms. The van der Waals surface area contributed by atoms with E-state index in [0.717, 1.165) is 0 Å². The number of rotatable bonds is 2. The molecule has 1 aliphatic heterocycles. The van der Waals surface area contributed by atoms with Crippen molar-refractivity contribution in [3.05, 3.63) is 17.7 Å². The molecule has 0 aromatic carbocycles. The number of aromatic nitrogens is 2. The van der Waals surface area contributed by atoms with Gasteiger partial charge in [0.25, 0.3) is 5.91 Å². The van der Waals surface area contributed by atoms with Crippen molar-refractivity contribution in [2.24, 2.45) is 0 Å². The lowest BCUT2D eigenvalue weighted by atomic mass is 10.3. The number of nitrogens with one attached hydrogen (secondary N) is 1. The maximum absolute atomic E-state index is 11.8. The summed E-state index contributed by atoms with van der Waals surface area (Å²) in [4.78, 5) is 30.1. The van der Waals surface area contributed by atoms with Crippen LogP contribution in [-0.4, -0.2) is 56.2 Å². The number of amides is 1. The number of aliphatic hydroxyl groups is 1. The summed E-state index contributed by atoms with van der Waals surface area (Å²) < 4.78 is 0. The van der Waals surface area contributed by atoms with Gasteiger partial charge in [0.2, 0.25) is 0 Å². The van der Waals surface area contributed by atoms with Crippen LogP contribution in [0.4, 0.5) is 0 Å². The van der Waals surface area contributed by atoms with Crippen LogP contribution in [0.3, 0.4) is 0 Å². The second-order valence-corrected chi connectivity index (χ2v) is 3.62. The molecule has 0 saturated carbocycles. The molecule has 0 unspecified atom stereocenters. The summed E-state index contributed by atoms with van der Waals surface area (Å²) in [5.74, 6) is -1.68. The molecule has 0 aliphatic carbocycles. The molecule has 1 atom stereocenters. The largest absolute Gasteiger partial charge is 0.477 e. The number of imidazole rings is 1. The van der Waals surface area contributed by atoms with Gasteiger partial charge in [-0.2, -0.15) is 0 Å². The highest BCUT2D eigenvalue weighted by Crippen LogP contribution is 2.14. The van der Waals surface area contributed by atoms with Gasteiger partial charge in [0.1, 0.15) is 0 Å². The maximum Gasteiger partial charge on any atom is 0.354 e. The van der Waals surface area contributed by atoms with Crippen LogP contribution in [0, 0.1) is 0 Å². The van der Waals surface area contributed by atoms with E-state index in [9.17, 15) is 14.7 Å². The van der Waals surface area contributed by atoms with Gasteiger partial charge >= 0.3 is 5.97 Å². The van der Waals surface area contributed by atoms with Crippen LogP contribution in [0.2, 0.25) is 0 Å². The fourth-order valence-electron chi connectivity index (χ4n) is 1.70. The van der Waals surface area contributed by atoms with Gasteiger partial charge in [0.15, 0.2) is 11.4 Å². The summed E-state index contributed by atoms with van der Waals surface area (Å²) in [6, 6.07) is 0. The van der Waals surface area contributed by atoms with E-state index in [1.54, 1.807) is 0 Å². The Morgan fingerprint density at radius 1 is 1.56 bits per heavy atom. The first-order valence-electron chi connectivity index (χ1n) is 4.83. The van der Waals surface area contributed by atoms with Crippen molar-refractivity contribution in [1.82, 2.24) is 14.9 Å². The standard InChI is InChI=1S/C9H11N3O4/c13-5-1-2-12(3-5)8(14)6-7(9(15)16)11-4-10-6/h4-5,13H,1-3H2,(H,10,11)(H,15,16)/t5-/m0/s1. The van der Waals surface area contributed by atoms with Crippen molar-refractivity contribution in [2.45, 2.75) is 12.5 Å². The maximum atomic E-state index is 11.8. The Bertz CT molecular complexity index is 428. The van der Waals surface area contributed by atoms with Gasteiger partial charge in [-0.15, -0.1) is 0 Å². The average Bonchev–Trinajstić information content (AvgIpc) is 2.84. The number of β-amino-alcohol motifs (C(OH)–C–C–N with tert-alkyl or cyclic N) is 1. The van der Waals surface area contributed by atoms with Gasteiger partial charge < -0.3 is 20.1 Å². The van der Waals surface area contributed by atoms with Crippen molar-refractivity contribution >= 4 is 11.9 Å². The number of hydrogen-bond donors (Lipinski definition) is 3. The van der Waals surface area contributed by atoms with Crippen LogP contribution in [0.1, 0.15) is 27.4 Å². The van der Waals surface area contributed by atoms with E-state index in [1.807, 2.05) is 0 Å². The first-order chi connectivity index (χ1) is 7.59. The first kappa shape index (κ1) is 10.6. The molecule has 0 spiro atoms. The van der Waals surface area contributed by atoms with Crippen molar-refractivity contribution < 1.29 is 19.8 Å². The number of carboxylic acids is 1. The molecule has 1 aromatic heterocycles. The van der Waals surface area contributed by atoms with Crippen LogP contribution in [-0.2, 0) is 0 Å². The van der Waals surface area contributed by atoms with Crippen LogP contribution in [0.15, 0.2) is 6.33 Å². The second-order valence-electron chi connectivity index (χ2n) is 3.62. The number of carbonyl (C=O) groups excluding carboxylic acids is 1. The molecule has 1 saturated heterocycles. The number of aromatic amines is 1. The molecule has 7 nitrogen and oxygen atoms in total. The number of aliphatic hydroxyl groups excluding tert-OH is 1. The number of carboxylic acid groups (broad SMARTS) is 1. The molecule has 16 heavy (non-hydrogen) atoms. The lowest BCUT2D eigenvalue weighted by Gasteiger charge is -2.13. The topological polar surface area (TPSA) is 107 Å². The van der Waals surface area contributed by atoms with E-state index in [-0.39, 0.29) is 17.9 Å². The molecule has 2 rings (SSSR count). The SMILES string of the molecule is O=C(O)c1[nH]cnc1C(=O)N1CC[C@H](O)C1. The van der Waals surface area contributed by atoms with E-state index in [2.05, 4.69) is 9.97 Å². The Labute approximate surface area is 90.7 Å². The molecular formula is C9H11N3O4. The predicted octanol–water partition coefficient (Wildman–Crippen LogP) is -0.685. The number of hydrogen-bond acceptors (Lipinski definition) is 4. The van der Waals surface area contributed by atoms with E-state index < -0.39 is 18.0 Å². The molecule has 1 amide bonds. The van der Waals surface area contributed by atoms with Gasteiger partial charge in [-0.25, -0.2) is 9.78 Å². The highest BCUT2D eigenvalue weighted by Gasteiger charge is 2.29. The summed E-state index contributed by atoms with van der Waals surface area (Å²) in [5.41, 5.74) is -0.326. The van der Waals surface area contributed by atoms with Crippen LogP contribution in [0.25, 0.3) is 0 Å². The summed E-state index contributed by atoms with van der Waals surface area (Å²) >= 11 is 0. The zero-order valence-electron chi connectivity index (χ0n) is 8.38. The molecule has 0 bridgehead atoms. The molecular weight excluding hydrogens is 214 g/mol. The normalized spacial score (nSPS) is 20.1. The van der Waals surface area contributed by atoms with Gasteiger partial charge in [0.05, 0.1) is 12.4 Å². The molecule has 3 N–H and O–H groups in total. The number of likely N-dealkylation sites (tertiary alicyclic amines) is 1. The smallest absolute Gasteiger partial charge is 0.354 e. The van der Waals surface area contributed by atoms with Crippen LogP contribution >= 0.6 is 0 Å². The third kappa shape index (κ3) is 1.76. The number of carbonyl (C=O) groups is 2. The third-order valence-corrected chi connectivity index (χ3v) is 2.51. The van der Waals surface area contributed by atoms with Crippen LogP contribution < -0.4 is 0 Å². The van der Waals surface area contributed by atoms with E-state index in [0.29, 0.717) is 13.0 Å². The summed E-state index contributed by atoms with van der Waals surface area (Å²) in [6.07, 6.45) is 1.15. The first-order valence-corrected chi connectivity index (χ1v) is 4.83. The molecule has 86 valence electrons. The van der Waals surface area contributed by atoms with Crippen molar-refractivity contribution in [1.29, 1.82) is 0 Å². The molecule has 1 fully saturated rings. The molecule has 0 radical (unpaired) electrons. The number of H-pyrrole nitrogens is 1. The van der Waals surface area contributed by atoms with Crippen LogP contribution in [0.5, 0.6) is 0 Å². The van der Waals surface area contributed by atoms with Gasteiger partial charge in [0, 0.05) is 13.1 Å². The quantitative estimate of drug-likeness (QED) is 0.618. The lowest BCUT2D eigenvalue weighted by molar-refractivity contribution is 0.0671. The minimum Gasteiger partial charge on any atom is -0.477 e. The third-order valence-electron chi connectivity index (χ3n) is 2.51. The minimum absolute atomic E-state index is 0.110. The predicted molar refractivity (Wildman–Crippen MR) is 52.1 cm³/mol. The highest BCUT2D eigenvalue weighted by molar-refractivity contribution is 6.02. The summed E-state index contributed by atoms with van der Waals surface area (Å²) in [7, 11) is 0. The Morgan fingerprint density at radius 3 is 2.88 bits per heavy atom. The zero-order valence-corrected chi connectivity index (χ0v) is 8.38. The lowest BCUT2D eigenvalue weighted by Crippen LogP contribution is -2.31. The van der Waals surface area contributed by atoms with E-state index >= 15 is 0 Å². The van der Waals surface area contributed by atoms with Gasteiger partial charge in [-0.05, 0) is 6.42 Å².